The Morgan fingerprint density at radius 3 is 2.50 bits per heavy atom. The number of amides is 2. The fourth-order valence-corrected chi connectivity index (χ4v) is 13.9. The van der Waals surface area contributed by atoms with Crippen LogP contribution < -0.4 is 25.2 Å². The number of fused-ring (bicyclic) bond motifs is 5. The van der Waals surface area contributed by atoms with E-state index < -0.39 is 23.9 Å². The number of anilines is 2. The lowest BCUT2D eigenvalue weighted by Crippen LogP contribution is -2.51. The monoisotopic (exact) mass is 1080 g/mol. The van der Waals surface area contributed by atoms with Crippen LogP contribution in [0.1, 0.15) is 87.9 Å². The second kappa shape index (κ2) is 21.4. The number of aryl methyl sites for hydroxylation is 2. The van der Waals surface area contributed by atoms with Crippen LogP contribution in [0.5, 0.6) is 11.8 Å². The number of aliphatic hydroxyl groups is 1. The van der Waals surface area contributed by atoms with E-state index in [1.165, 1.54) is 4.90 Å². The average Bonchev–Trinajstić information content (AvgIpc) is 4.42. The molecule has 5 fully saturated rings. The molecule has 2 amide bonds. The zero-order valence-electron chi connectivity index (χ0n) is 44.9. The summed E-state index contributed by atoms with van der Waals surface area (Å²) < 4.78 is 29.6. The molecule has 4 aromatic heterocycles. The minimum atomic E-state index is -0.834. The van der Waals surface area contributed by atoms with Crippen molar-refractivity contribution in [2.75, 3.05) is 68.8 Å². The summed E-state index contributed by atoms with van der Waals surface area (Å²) in [7, 11) is 0. The molecule has 9 heterocycles. The molecule has 5 aliphatic rings. The lowest BCUT2D eigenvalue weighted by Gasteiger charge is -2.34. The first kappa shape index (κ1) is 51.9. The Hall–Kier alpha value is -6.80. The number of ether oxygens (including phenoxy) is 1. The van der Waals surface area contributed by atoms with Gasteiger partial charge in [-0.25, -0.2) is 9.37 Å². The standard InChI is InChI=1S/C59H68FN11O6S/c1-6-35-8-7-9-38-20-43(72)21-45(51(35)38)53-52(60)54-46(24-61-53)56(70-28-41-14-15-42(29-70)64-41)66-59(65-54)76-19-18-68-17-16-39-26-69(27-40(39)25-68)49-23-48(77-67-49)50(32(2)3)58(75)71-30-44(73)22-47(71)57(74)63-33(4)36-10-12-37(13-11-36)55-34(5)62-31-78-55/h7-13,20-21,23-24,31-33,39-42,44,47,50,64,72-73H,6,14-19,22,25-30H2,1-5H3,(H,63,74)/t33-,39-,40+,41?,42?,44+,47-,50+/m0/s1. The smallest absolute Gasteiger partial charge is 0.319 e. The highest BCUT2D eigenvalue weighted by Crippen LogP contribution is 2.41. The van der Waals surface area contributed by atoms with Crippen molar-refractivity contribution in [2.45, 2.75) is 103 Å². The number of phenolic OH excluding ortho intramolecular Hbond substituents is 1. The summed E-state index contributed by atoms with van der Waals surface area (Å²) in [6, 6.07) is 18.7. The number of piperidine rings is 1. The van der Waals surface area contributed by atoms with Crippen molar-refractivity contribution >= 4 is 56.5 Å². The minimum Gasteiger partial charge on any atom is -0.508 e. The van der Waals surface area contributed by atoms with Crippen molar-refractivity contribution in [1.29, 1.82) is 0 Å². The van der Waals surface area contributed by atoms with Gasteiger partial charge in [0, 0.05) is 82.1 Å². The van der Waals surface area contributed by atoms with E-state index in [2.05, 4.69) is 42.4 Å². The lowest BCUT2D eigenvalue weighted by molar-refractivity contribution is -0.141. The number of benzene rings is 3. The molecule has 78 heavy (non-hydrogen) atoms. The van der Waals surface area contributed by atoms with Gasteiger partial charge in [-0.05, 0) is 103 Å². The van der Waals surface area contributed by atoms with Crippen LogP contribution >= 0.6 is 11.3 Å². The number of hydrogen-bond acceptors (Lipinski definition) is 16. The molecule has 2 unspecified atom stereocenters. The van der Waals surface area contributed by atoms with E-state index in [4.69, 9.17) is 24.2 Å². The van der Waals surface area contributed by atoms with E-state index in [0.717, 1.165) is 103 Å². The van der Waals surface area contributed by atoms with Crippen molar-refractivity contribution in [3.63, 3.8) is 0 Å². The number of aromatic nitrogens is 5. The SMILES string of the molecule is CCc1cccc2cc(O)cc(-c3ncc4c(N5CC6CCC(C5)N6)nc(OCCN5CC[C@H]6CN(c7cc([C@H](C(=O)N8C[C@H](O)C[C@H]8C(=O)N[C@@H](C)c8ccc(-c9scnc9C)cc8)C(C)C)on7)C[C@H]6C5)nc4c3F)c12. The molecule has 7 aromatic rings. The van der Waals surface area contributed by atoms with Gasteiger partial charge < -0.3 is 44.8 Å². The van der Waals surface area contributed by atoms with E-state index in [1.54, 1.807) is 29.7 Å². The van der Waals surface area contributed by atoms with E-state index in [9.17, 15) is 19.8 Å². The van der Waals surface area contributed by atoms with Gasteiger partial charge >= 0.3 is 6.01 Å². The van der Waals surface area contributed by atoms with Crippen LogP contribution in [0.15, 0.2) is 76.9 Å². The number of β-amino-alcohol motifs (C(OH)–C–C–N with tert-alkyl or cyclic N) is 1. The van der Waals surface area contributed by atoms with Crippen LogP contribution in [0.3, 0.4) is 0 Å². The number of nitrogens with one attached hydrogen (secondary N) is 2. The predicted molar refractivity (Wildman–Crippen MR) is 298 cm³/mol. The topological polar surface area (TPSA) is 198 Å². The molecule has 408 valence electrons. The van der Waals surface area contributed by atoms with Gasteiger partial charge in [0.1, 0.15) is 41.3 Å². The Morgan fingerprint density at radius 2 is 1.74 bits per heavy atom. The van der Waals surface area contributed by atoms with Crippen LogP contribution in [0, 0.1) is 30.5 Å². The van der Waals surface area contributed by atoms with Gasteiger partial charge in [-0.3, -0.25) is 19.5 Å². The van der Waals surface area contributed by atoms with Crippen LogP contribution in [-0.4, -0.2) is 140 Å². The van der Waals surface area contributed by atoms with Gasteiger partial charge in [-0.1, -0.05) is 68.4 Å². The number of likely N-dealkylation sites (tertiary alicyclic amines) is 2. The molecule has 19 heteroatoms. The molecule has 3 aromatic carbocycles. The second-order valence-corrected chi connectivity index (χ2v) is 23.5. The normalized spacial score (nSPS) is 23.2. The summed E-state index contributed by atoms with van der Waals surface area (Å²) in [5.41, 5.74) is 6.61. The molecule has 8 atom stereocenters. The number of aliphatic hydroxyl groups excluding tert-OH is 1. The number of hydrogen-bond donors (Lipinski definition) is 4. The molecule has 2 bridgehead atoms. The molecule has 12 rings (SSSR count). The predicted octanol–water partition coefficient (Wildman–Crippen LogP) is 8.03. The quantitative estimate of drug-likeness (QED) is 0.0769. The largest absolute Gasteiger partial charge is 0.508 e. The number of pyridine rings is 1. The average molecular weight is 1080 g/mol. The van der Waals surface area contributed by atoms with Crippen LogP contribution in [-0.2, 0) is 16.0 Å². The number of thiazole rings is 1. The highest BCUT2D eigenvalue weighted by Gasteiger charge is 2.45. The Morgan fingerprint density at radius 1 is 0.949 bits per heavy atom. The number of phenols is 1. The molecule has 17 nitrogen and oxygen atoms in total. The Kier molecular flexibility index (Phi) is 14.3. The molecule has 0 saturated carbocycles. The van der Waals surface area contributed by atoms with E-state index in [-0.39, 0.29) is 59.7 Å². The van der Waals surface area contributed by atoms with Gasteiger partial charge in [-0.2, -0.15) is 9.97 Å². The number of halogens is 1. The maximum absolute atomic E-state index is 17.2. The summed E-state index contributed by atoms with van der Waals surface area (Å²) >= 11 is 1.59. The molecule has 0 spiro atoms. The van der Waals surface area contributed by atoms with Crippen LogP contribution in [0.4, 0.5) is 16.0 Å². The summed E-state index contributed by atoms with van der Waals surface area (Å²) in [4.78, 5) is 56.7. The molecular formula is C59H68FN11O6S. The van der Waals surface area contributed by atoms with E-state index in [1.807, 2.05) is 81.7 Å². The molecule has 4 N–H and O–H groups in total. The Balaban J connectivity index is 0.701. The van der Waals surface area contributed by atoms with Crippen molar-refractivity contribution < 1.29 is 33.5 Å². The molecule has 0 radical (unpaired) electrons. The number of aromatic hydroxyl groups is 1. The molecule has 5 saturated heterocycles. The molecular weight excluding hydrogens is 1010 g/mol. The third kappa shape index (κ3) is 10.0. The fourth-order valence-electron chi connectivity index (χ4n) is 13.0. The fraction of sp³-hybridized carbons (Fsp3) is 0.475. The Bertz CT molecular complexity index is 3360. The zero-order valence-corrected chi connectivity index (χ0v) is 45.7. The molecule has 5 aliphatic heterocycles. The number of nitrogens with zero attached hydrogens (tertiary/aromatic N) is 9. The van der Waals surface area contributed by atoms with Gasteiger partial charge in [0.15, 0.2) is 17.4 Å². The maximum Gasteiger partial charge on any atom is 0.319 e. The highest BCUT2D eigenvalue weighted by atomic mass is 32.1. The number of carbonyl (C=O) groups is 2. The highest BCUT2D eigenvalue weighted by molar-refractivity contribution is 7.13. The third-order valence-electron chi connectivity index (χ3n) is 17.1. The first-order valence-corrected chi connectivity index (χ1v) is 28.6. The van der Waals surface area contributed by atoms with Gasteiger partial charge in [0.05, 0.1) is 33.6 Å². The Labute approximate surface area is 457 Å². The van der Waals surface area contributed by atoms with Crippen molar-refractivity contribution in [3.8, 4) is 33.5 Å². The summed E-state index contributed by atoms with van der Waals surface area (Å²) in [6.07, 6.45) is 4.85. The summed E-state index contributed by atoms with van der Waals surface area (Å²) in [6.45, 7) is 15.7. The first-order chi connectivity index (χ1) is 37.8. The van der Waals surface area contributed by atoms with Crippen LogP contribution in [0.25, 0.3) is 43.4 Å². The third-order valence-corrected chi connectivity index (χ3v) is 18.1. The first-order valence-electron chi connectivity index (χ1n) is 27.7. The van der Waals surface area contributed by atoms with E-state index >= 15 is 4.39 Å². The van der Waals surface area contributed by atoms with Crippen molar-refractivity contribution in [1.82, 2.24) is 45.5 Å². The minimum absolute atomic E-state index is 0.0340. The number of rotatable bonds is 15. The summed E-state index contributed by atoms with van der Waals surface area (Å²) in [5, 5.41) is 35.2. The maximum atomic E-state index is 17.2. The second-order valence-electron chi connectivity index (χ2n) is 22.6. The van der Waals surface area contributed by atoms with Crippen molar-refractivity contribution in [3.05, 3.63) is 101 Å². The van der Waals surface area contributed by atoms with Crippen molar-refractivity contribution in [2.24, 2.45) is 17.8 Å². The van der Waals surface area contributed by atoms with Crippen LogP contribution in [0.2, 0.25) is 0 Å². The number of piperazine rings is 1. The van der Waals surface area contributed by atoms with E-state index in [0.29, 0.717) is 65.4 Å². The lowest BCUT2D eigenvalue weighted by atomic mass is 9.89. The zero-order chi connectivity index (χ0) is 53.9. The van der Waals surface area contributed by atoms with Gasteiger partial charge in [0.25, 0.3) is 0 Å². The molecule has 0 aliphatic carbocycles. The van der Waals surface area contributed by atoms with Gasteiger partial charge in [0.2, 0.25) is 11.8 Å². The van der Waals surface area contributed by atoms with Gasteiger partial charge in [-0.15, -0.1) is 11.3 Å². The number of carbonyl (C=O) groups excluding carboxylic acids is 2. The summed E-state index contributed by atoms with van der Waals surface area (Å²) in [5.74, 6) is 0.548.